The molecule has 0 heterocycles. The molecule has 0 aliphatic carbocycles. The first kappa shape index (κ1) is 23.4. The van der Waals surface area contributed by atoms with Gasteiger partial charge in [0.1, 0.15) is 11.5 Å². The third-order valence-electron chi connectivity index (χ3n) is 4.45. The molecule has 0 bridgehead atoms. The summed E-state index contributed by atoms with van der Waals surface area (Å²) in [5.41, 5.74) is 4.37. The maximum absolute atomic E-state index is 12.0. The SMILES string of the molecule is CCN(CC)C(=O)COc1ccc(/C(C)=N\NC(=O)COc2ccc(C#N)cc2)cc1. The molecular formula is C23H26N4O4. The molecule has 31 heavy (non-hydrogen) atoms. The molecule has 0 spiro atoms. The quantitative estimate of drug-likeness (QED) is 0.468. The third-order valence-corrected chi connectivity index (χ3v) is 4.45. The number of hydrazone groups is 1. The number of rotatable bonds is 10. The van der Waals surface area contributed by atoms with Crippen molar-refractivity contribution in [2.45, 2.75) is 20.8 Å². The number of carbonyl (C=O) groups is 2. The number of ether oxygens (including phenoxy) is 2. The van der Waals surface area contributed by atoms with Crippen LogP contribution in [0.1, 0.15) is 31.9 Å². The highest BCUT2D eigenvalue weighted by atomic mass is 16.5. The van der Waals surface area contributed by atoms with Gasteiger partial charge in [0.15, 0.2) is 13.2 Å². The van der Waals surface area contributed by atoms with Crippen molar-refractivity contribution in [3.05, 3.63) is 59.7 Å². The van der Waals surface area contributed by atoms with Crippen LogP contribution in [0.25, 0.3) is 0 Å². The number of nitrogens with zero attached hydrogens (tertiary/aromatic N) is 3. The molecule has 0 aliphatic heterocycles. The first-order valence-corrected chi connectivity index (χ1v) is 9.93. The Kier molecular flexibility index (Phi) is 9.05. The predicted octanol–water partition coefficient (Wildman–Crippen LogP) is 2.72. The summed E-state index contributed by atoms with van der Waals surface area (Å²) in [7, 11) is 0. The fraction of sp³-hybridized carbons (Fsp3) is 0.304. The van der Waals surface area contributed by atoms with Crippen LogP contribution >= 0.6 is 0 Å². The molecule has 8 heteroatoms. The second kappa shape index (κ2) is 12.0. The molecule has 0 unspecified atom stereocenters. The van der Waals surface area contributed by atoms with Crippen LogP contribution < -0.4 is 14.9 Å². The maximum atomic E-state index is 12.0. The molecular weight excluding hydrogens is 396 g/mol. The monoisotopic (exact) mass is 422 g/mol. The first-order chi connectivity index (χ1) is 15.0. The Morgan fingerprint density at radius 3 is 2.06 bits per heavy atom. The van der Waals surface area contributed by atoms with Crippen LogP contribution in [0.3, 0.4) is 0 Å². The molecule has 0 saturated heterocycles. The lowest BCUT2D eigenvalue weighted by Crippen LogP contribution is -2.34. The Bertz CT molecular complexity index is 943. The van der Waals surface area contributed by atoms with Crippen molar-refractivity contribution in [1.82, 2.24) is 10.3 Å². The van der Waals surface area contributed by atoms with E-state index in [1.54, 1.807) is 60.4 Å². The normalized spacial score (nSPS) is 10.7. The number of benzene rings is 2. The van der Waals surface area contributed by atoms with Crippen LogP contribution in [0.5, 0.6) is 11.5 Å². The van der Waals surface area contributed by atoms with Gasteiger partial charge in [0.25, 0.3) is 11.8 Å². The summed E-state index contributed by atoms with van der Waals surface area (Å²) in [6, 6.07) is 15.6. The van der Waals surface area contributed by atoms with E-state index in [1.807, 2.05) is 19.9 Å². The molecule has 0 atom stereocenters. The highest BCUT2D eigenvalue weighted by Gasteiger charge is 2.10. The van der Waals surface area contributed by atoms with Crippen LogP contribution in [-0.2, 0) is 9.59 Å². The molecule has 0 aromatic heterocycles. The molecule has 2 aromatic rings. The summed E-state index contributed by atoms with van der Waals surface area (Å²) in [6.07, 6.45) is 0. The Labute approximate surface area is 182 Å². The number of hydrogen-bond acceptors (Lipinski definition) is 6. The van der Waals surface area contributed by atoms with Gasteiger partial charge in [0.05, 0.1) is 17.3 Å². The average molecular weight is 422 g/mol. The number of amides is 2. The molecule has 2 rings (SSSR count). The van der Waals surface area contributed by atoms with E-state index in [1.165, 1.54) is 0 Å². The highest BCUT2D eigenvalue weighted by molar-refractivity contribution is 5.99. The summed E-state index contributed by atoms with van der Waals surface area (Å²) < 4.78 is 10.9. The molecule has 2 amide bonds. The zero-order chi connectivity index (χ0) is 22.6. The first-order valence-electron chi connectivity index (χ1n) is 9.93. The number of carbonyl (C=O) groups excluding carboxylic acids is 2. The molecule has 2 aromatic carbocycles. The Balaban J connectivity index is 1.82. The summed E-state index contributed by atoms with van der Waals surface area (Å²) in [5.74, 6) is 0.609. The van der Waals surface area contributed by atoms with Crippen molar-refractivity contribution >= 4 is 17.5 Å². The highest BCUT2D eigenvalue weighted by Crippen LogP contribution is 2.13. The molecule has 0 aliphatic rings. The van der Waals surface area contributed by atoms with Gasteiger partial charge in [-0.05, 0) is 74.9 Å². The molecule has 8 nitrogen and oxygen atoms in total. The van der Waals surface area contributed by atoms with Gasteiger partial charge in [-0.2, -0.15) is 10.4 Å². The van der Waals surface area contributed by atoms with Crippen molar-refractivity contribution in [2.75, 3.05) is 26.3 Å². The van der Waals surface area contributed by atoms with Gasteiger partial charge in [-0.1, -0.05) is 0 Å². The lowest BCUT2D eigenvalue weighted by molar-refractivity contribution is -0.133. The van der Waals surface area contributed by atoms with Gasteiger partial charge in [0, 0.05) is 13.1 Å². The Morgan fingerprint density at radius 1 is 0.968 bits per heavy atom. The van der Waals surface area contributed by atoms with Gasteiger partial charge in [-0.25, -0.2) is 5.43 Å². The van der Waals surface area contributed by atoms with Crippen LogP contribution in [-0.4, -0.2) is 48.7 Å². The van der Waals surface area contributed by atoms with Crippen molar-refractivity contribution in [1.29, 1.82) is 5.26 Å². The number of nitriles is 1. The van der Waals surface area contributed by atoms with E-state index in [9.17, 15) is 9.59 Å². The summed E-state index contributed by atoms with van der Waals surface area (Å²) >= 11 is 0. The largest absolute Gasteiger partial charge is 0.484 e. The minimum absolute atomic E-state index is 0.0105. The zero-order valence-corrected chi connectivity index (χ0v) is 17.9. The standard InChI is InChI=1S/C23H26N4O4/c1-4-27(5-2)23(29)16-31-21-12-8-19(9-13-21)17(3)25-26-22(28)15-30-20-10-6-18(14-24)7-11-20/h6-13H,4-5,15-16H2,1-3H3,(H,26,28)/b25-17-. The van der Waals surface area contributed by atoms with E-state index >= 15 is 0 Å². The maximum Gasteiger partial charge on any atom is 0.277 e. The van der Waals surface area contributed by atoms with E-state index in [4.69, 9.17) is 14.7 Å². The molecule has 1 N–H and O–H groups in total. The van der Waals surface area contributed by atoms with Crippen LogP contribution in [0.4, 0.5) is 0 Å². The van der Waals surface area contributed by atoms with Gasteiger partial charge in [-0.3, -0.25) is 9.59 Å². The molecule has 0 saturated carbocycles. The van der Waals surface area contributed by atoms with Crippen LogP contribution in [0.15, 0.2) is 53.6 Å². The van der Waals surface area contributed by atoms with Crippen molar-refractivity contribution in [3.63, 3.8) is 0 Å². The number of likely N-dealkylation sites (N-methyl/N-ethyl adjacent to an activating group) is 1. The molecule has 162 valence electrons. The lowest BCUT2D eigenvalue weighted by atomic mass is 10.1. The van der Waals surface area contributed by atoms with E-state index < -0.39 is 5.91 Å². The second-order valence-electron chi connectivity index (χ2n) is 6.54. The van der Waals surface area contributed by atoms with E-state index in [0.717, 1.165) is 5.56 Å². The molecule has 0 fully saturated rings. The zero-order valence-electron chi connectivity index (χ0n) is 17.9. The van der Waals surface area contributed by atoms with Crippen LogP contribution in [0, 0.1) is 11.3 Å². The van der Waals surface area contributed by atoms with E-state index in [0.29, 0.717) is 35.9 Å². The topological polar surface area (TPSA) is 104 Å². The second-order valence-corrected chi connectivity index (χ2v) is 6.54. The minimum atomic E-state index is -0.404. The van der Waals surface area contributed by atoms with Crippen LogP contribution in [0.2, 0.25) is 0 Å². The summed E-state index contributed by atoms with van der Waals surface area (Å²) in [6.45, 7) is 6.71. The summed E-state index contributed by atoms with van der Waals surface area (Å²) in [4.78, 5) is 25.6. The fourth-order valence-electron chi connectivity index (χ4n) is 2.62. The number of nitrogens with one attached hydrogen (secondary N) is 1. The minimum Gasteiger partial charge on any atom is -0.484 e. The predicted molar refractivity (Wildman–Crippen MR) is 117 cm³/mol. The van der Waals surface area contributed by atoms with Gasteiger partial charge >= 0.3 is 0 Å². The van der Waals surface area contributed by atoms with Gasteiger partial charge in [0.2, 0.25) is 0 Å². The van der Waals surface area contributed by atoms with E-state index in [-0.39, 0.29) is 19.1 Å². The van der Waals surface area contributed by atoms with Gasteiger partial charge in [-0.15, -0.1) is 0 Å². The fourth-order valence-corrected chi connectivity index (χ4v) is 2.62. The van der Waals surface area contributed by atoms with Crippen molar-refractivity contribution in [2.24, 2.45) is 5.10 Å². The Hall–Kier alpha value is -3.86. The lowest BCUT2D eigenvalue weighted by Gasteiger charge is -2.18. The average Bonchev–Trinajstić information content (AvgIpc) is 2.81. The molecule has 0 radical (unpaired) electrons. The van der Waals surface area contributed by atoms with Gasteiger partial charge < -0.3 is 14.4 Å². The Morgan fingerprint density at radius 2 is 1.52 bits per heavy atom. The van der Waals surface area contributed by atoms with Crippen molar-refractivity contribution < 1.29 is 19.1 Å². The van der Waals surface area contributed by atoms with E-state index in [2.05, 4.69) is 10.5 Å². The van der Waals surface area contributed by atoms with Crippen molar-refractivity contribution in [3.8, 4) is 17.6 Å². The number of hydrogen-bond donors (Lipinski definition) is 1. The summed E-state index contributed by atoms with van der Waals surface area (Å²) in [5, 5.41) is 12.8. The smallest absolute Gasteiger partial charge is 0.277 e. The third kappa shape index (κ3) is 7.48.